The van der Waals surface area contributed by atoms with Gasteiger partial charge in [-0.15, -0.1) is 0 Å². The van der Waals surface area contributed by atoms with Crippen molar-refractivity contribution in [1.29, 1.82) is 0 Å². The average molecular weight is 324 g/mol. The molecule has 0 spiro atoms. The molecule has 1 atom stereocenters. The van der Waals surface area contributed by atoms with E-state index in [-0.39, 0.29) is 18.9 Å². The number of esters is 2. The van der Waals surface area contributed by atoms with Crippen molar-refractivity contribution < 1.29 is 23.9 Å². The Morgan fingerprint density at radius 1 is 1.30 bits per heavy atom. The highest BCUT2D eigenvalue weighted by molar-refractivity contribution is 5.89. The molecule has 0 amide bonds. The fraction of sp³-hybridized carbons (Fsp3) is 0.625. The first-order valence-corrected chi connectivity index (χ1v) is 7.46. The van der Waals surface area contributed by atoms with E-state index in [1.807, 2.05) is 0 Å². The third-order valence-corrected chi connectivity index (χ3v) is 3.78. The topological polar surface area (TPSA) is 87.5 Å². The molecule has 0 N–H and O–H groups in total. The molecule has 1 heterocycles. The number of aryl methyl sites for hydroxylation is 2. The Labute approximate surface area is 135 Å². The summed E-state index contributed by atoms with van der Waals surface area (Å²) in [6.45, 7) is 8.49. The summed E-state index contributed by atoms with van der Waals surface area (Å²) in [7, 11) is 1.25. The molecule has 0 aliphatic heterocycles. The second kappa shape index (κ2) is 7.39. The van der Waals surface area contributed by atoms with Crippen molar-refractivity contribution in [2.75, 3.05) is 13.7 Å². The van der Waals surface area contributed by atoms with Crippen LogP contribution in [0.1, 0.15) is 43.4 Å². The molecule has 0 aromatic carbocycles. The summed E-state index contributed by atoms with van der Waals surface area (Å²) in [5.41, 5.74) is 0.189. The molecule has 1 unspecified atom stereocenters. The quantitative estimate of drug-likeness (QED) is 0.743. The molecule has 7 nitrogen and oxygen atoms in total. The van der Waals surface area contributed by atoms with Gasteiger partial charge in [0.2, 0.25) is 5.91 Å². The predicted octanol–water partition coefficient (Wildman–Crippen LogP) is 1.91. The van der Waals surface area contributed by atoms with Crippen molar-refractivity contribution in [1.82, 2.24) is 9.78 Å². The smallest absolute Gasteiger partial charge is 0.312 e. The predicted molar refractivity (Wildman–Crippen MR) is 82.9 cm³/mol. The van der Waals surface area contributed by atoms with E-state index in [0.29, 0.717) is 11.4 Å². The number of nitrogens with zero attached hydrogens (tertiary/aromatic N) is 2. The minimum atomic E-state index is -1.19. The molecule has 0 aliphatic carbocycles. The average Bonchev–Trinajstić information content (AvgIpc) is 2.82. The number of carbonyl (C=O) groups is 3. The van der Waals surface area contributed by atoms with Crippen LogP contribution < -0.4 is 0 Å². The van der Waals surface area contributed by atoms with E-state index in [2.05, 4.69) is 5.10 Å². The minimum Gasteiger partial charge on any atom is -0.469 e. The van der Waals surface area contributed by atoms with E-state index in [9.17, 15) is 14.4 Å². The molecule has 0 bridgehead atoms. The molecule has 0 saturated carbocycles. The zero-order chi connectivity index (χ0) is 17.8. The van der Waals surface area contributed by atoms with Crippen LogP contribution in [0.3, 0.4) is 0 Å². The van der Waals surface area contributed by atoms with Crippen molar-refractivity contribution in [2.45, 2.75) is 41.0 Å². The lowest BCUT2D eigenvalue weighted by atomic mass is 9.76. The number of hydrogen-bond acceptors (Lipinski definition) is 6. The van der Waals surface area contributed by atoms with Gasteiger partial charge in [-0.25, -0.2) is 4.68 Å². The Kier molecular flexibility index (Phi) is 6.06. The lowest BCUT2D eigenvalue weighted by molar-refractivity contribution is -0.165. The number of carbonyl (C=O) groups excluding carboxylic acids is 3. The third kappa shape index (κ3) is 4.18. The van der Waals surface area contributed by atoms with Crippen LogP contribution >= 0.6 is 0 Å². The van der Waals surface area contributed by atoms with E-state index in [4.69, 9.17) is 9.47 Å². The lowest BCUT2D eigenvalue weighted by Gasteiger charge is -2.29. The van der Waals surface area contributed by atoms with Gasteiger partial charge in [-0.1, -0.05) is 0 Å². The standard InChI is InChI=1S/C16H24N2O5/c1-7-23-14(20)12(16(4,5)15(21)22-6)9-13(19)18-11(3)8-10(2)17-18/h8,12H,7,9H2,1-6H3. The molecule has 0 aliphatic rings. The molecular weight excluding hydrogens is 300 g/mol. The van der Waals surface area contributed by atoms with Gasteiger partial charge in [0.15, 0.2) is 0 Å². The zero-order valence-corrected chi connectivity index (χ0v) is 14.5. The van der Waals surface area contributed by atoms with Gasteiger partial charge in [0.05, 0.1) is 30.7 Å². The summed E-state index contributed by atoms with van der Waals surface area (Å²) in [5, 5.41) is 4.11. The minimum absolute atomic E-state index is 0.167. The van der Waals surface area contributed by atoms with E-state index in [1.165, 1.54) is 11.8 Å². The molecule has 0 fully saturated rings. The molecule has 1 aromatic rings. The SMILES string of the molecule is CCOC(=O)C(CC(=O)n1nc(C)cc1C)C(C)(C)C(=O)OC. The molecule has 23 heavy (non-hydrogen) atoms. The third-order valence-electron chi connectivity index (χ3n) is 3.78. The zero-order valence-electron chi connectivity index (χ0n) is 14.5. The summed E-state index contributed by atoms with van der Waals surface area (Å²) in [5.74, 6) is -2.49. The summed E-state index contributed by atoms with van der Waals surface area (Å²) in [6, 6.07) is 1.77. The lowest BCUT2D eigenvalue weighted by Crippen LogP contribution is -2.41. The van der Waals surface area contributed by atoms with Gasteiger partial charge >= 0.3 is 11.9 Å². The van der Waals surface area contributed by atoms with Crippen molar-refractivity contribution in [3.05, 3.63) is 17.5 Å². The van der Waals surface area contributed by atoms with Gasteiger partial charge < -0.3 is 9.47 Å². The summed E-state index contributed by atoms with van der Waals surface area (Å²) < 4.78 is 11.0. The first kappa shape index (κ1) is 18.9. The molecular formula is C16H24N2O5. The van der Waals surface area contributed by atoms with Crippen LogP contribution in [0.15, 0.2) is 6.07 Å². The molecule has 1 rings (SSSR count). The summed E-state index contributed by atoms with van der Waals surface area (Å²) in [6.07, 6.45) is -0.192. The van der Waals surface area contributed by atoms with E-state index in [0.717, 1.165) is 0 Å². The molecule has 0 saturated heterocycles. The highest BCUT2D eigenvalue weighted by Gasteiger charge is 2.44. The maximum Gasteiger partial charge on any atom is 0.312 e. The van der Waals surface area contributed by atoms with Crippen molar-refractivity contribution in [3.63, 3.8) is 0 Å². The van der Waals surface area contributed by atoms with Gasteiger partial charge in [-0.2, -0.15) is 5.10 Å². The highest BCUT2D eigenvalue weighted by Crippen LogP contribution is 2.32. The van der Waals surface area contributed by atoms with Crippen LogP contribution in [0.5, 0.6) is 0 Å². The molecule has 0 radical (unpaired) electrons. The maximum absolute atomic E-state index is 12.5. The Hall–Kier alpha value is -2.18. The van der Waals surface area contributed by atoms with Gasteiger partial charge in [-0.3, -0.25) is 14.4 Å². The van der Waals surface area contributed by atoms with Gasteiger partial charge in [0.25, 0.3) is 0 Å². The van der Waals surface area contributed by atoms with Crippen molar-refractivity contribution in [3.8, 4) is 0 Å². The van der Waals surface area contributed by atoms with E-state index < -0.39 is 23.3 Å². The maximum atomic E-state index is 12.5. The second-order valence-electron chi connectivity index (χ2n) is 5.95. The van der Waals surface area contributed by atoms with Crippen LogP contribution in [0.2, 0.25) is 0 Å². The summed E-state index contributed by atoms with van der Waals surface area (Å²) in [4.78, 5) is 36.8. The number of methoxy groups -OCH3 is 1. The van der Waals surface area contributed by atoms with Crippen LogP contribution in [-0.2, 0) is 19.1 Å². The Bertz CT molecular complexity index is 604. The fourth-order valence-electron chi connectivity index (χ4n) is 2.42. The monoisotopic (exact) mass is 324 g/mol. The van der Waals surface area contributed by atoms with Crippen LogP contribution in [0.25, 0.3) is 0 Å². The van der Waals surface area contributed by atoms with Crippen LogP contribution in [0, 0.1) is 25.2 Å². The number of hydrogen-bond donors (Lipinski definition) is 0. The van der Waals surface area contributed by atoms with Crippen LogP contribution in [-0.4, -0.2) is 41.3 Å². The van der Waals surface area contributed by atoms with Gasteiger partial charge in [-0.05, 0) is 40.7 Å². The van der Waals surface area contributed by atoms with E-state index in [1.54, 1.807) is 40.7 Å². The van der Waals surface area contributed by atoms with Gasteiger partial charge in [0, 0.05) is 12.1 Å². The normalized spacial score (nSPS) is 12.6. The van der Waals surface area contributed by atoms with E-state index >= 15 is 0 Å². The Balaban J connectivity index is 3.11. The first-order chi connectivity index (χ1) is 10.6. The highest BCUT2D eigenvalue weighted by atomic mass is 16.5. The Morgan fingerprint density at radius 3 is 2.35 bits per heavy atom. The van der Waals surface area contributed by atoms with Crippen molar-refractivity contribution >= 4 is 17.8 Å². The number of aromatic nitrogens is 2. The van der Waals surface area contributed by atoms with Crippen molar-refractivity contribution in [2.24, 2.45) is 11.3 Å². The molecule has 7 heteroatoms. The number of rotatable bonds is 6. The molecule has 1 aromatic heterocycles. The van der Waals surface area contributed by atoms with Crippen LogP contribution in [0.4, 0.5) is 0 Å². The largest absolute Gasteiger partial charge is 0.469 e. The second-order valence-corrected chi connectivity index (χ2v) is 5.95. The Morgan fingerprint density at radius 2 is 1.91 bits per heavy atom. The first-order valence-electron chi connectivity index (χ1n) is 7.46. The summed E-state index contributed by atoms with van der Waals surface area (Å²) >= 11 is 0. The fourth-order valence-corrected chi connectivity index (χ4v) is 2.42. The number of ether oxygens (including phenoxy) is 2. The molecule has 128 valence electrons. The van der Waals surface area contributed by atoms with Gasteiger partial charge in [0.1, 0.15) is 0 Å².